The molecule has 1 heterocycles. The average molecular weight is 223 g/mol. The van der Waals surface area contributed by atoms with Crippen molar-refractivity contribution in [3.8, 4) is 0 Å². The predicted molar refractivity (Wildman–Crippen MR) is 65.3 cm³/mol. The molecule has 0 fully saturated rings. The van der Waals surface area contributed by atoms with Gasteiger partial charge in [0.25, 0.3) is 0 Å². The van der Waals surface area contributed by atoms with Crippen LogP contribution in [0.4, 0.5) is 0 Å². The van der Waals surface area contributed by atoms with Crippen LogP contribution in [-0.4, -0.2) is 11.1 Å². The van der Waals surface area contributed by atoms with E-state index in [1.54, 1.807) is 0 Å². The van der Waals surface area contributed by atoms with Crippen molar-refractivity contribution in [2.24, 2.45) is 12.8 Å². The lowest BCUT2D eigenvalue weighted by Gasteiger charge is -2.06. The second kappa shape index (κ2) is 4.25. The van der Waals surface area contributed by atoms with Crippen LogP contribution in [0.15, 0.2) is 24.4 Å². The van der Waals surface area contributed by atoms with Crippen molar-refractivity contribution in [1.29, 1.82) is 0 Å². The molecule has 1 aromatic heterocycles. The van der Waals surface area contributed by atoms with Crippen LogP contribution in [0.1, 0.15) is 12.0 Å². The number of hydrogen-bond acceptors (Lipinski definition) is 1. The van der Waals surface area contributed by atoms with E-state index < -0.39 is 0 Å². The van der Waals surface area contributed by atoms with Crippen LogP contribution >= 0.6 is 11.6 Å². The minimum Gasteiger partial charge on any atom is -0.349 e. The van der Waals surface area contributed by atoms with E-state index >= 15 is 0 Å². The molecule has 0 unspecified atom stereocenters. The van der Waals surface area contributed by atoms with Gasteiger partial charge in [0, 0.05) is 18.6 Å². The summed E-state index contributed by atoms with van der Waals surface area (Å²) in [5, 5.41) is 2.06. The highest BCUT2D eigenvalue weighted by Gasteiger charge is 2.07. The molecule has 0 saturated heterocycles. The summed E-state index contributed by atoms with van der Waals surface area (Å²) in [6.45, 7) is 0.710. The number of benzene rings is 1. The van der Waals surface area contributed by atoms with E-state index in [-0.39, 0.29) is 0 Å². The molecule has 2 aromatic rings. The minimum absolute atomic E-state index is 0.710. The summed E-state index contributed by atoms with van der Waals surface area (Å²) < 4.78 is 2.06. The zero-order valence-electron chi connectivity index (χ0n) is 8.83. The van der Waals surface area contributed by atoms with E-state index in [4.69, 9.17) is 17.3 Å². The summed E-state index contributed by atoms with van der Waals surface area (Å²) in [4.78, 5) is 0. The fourth-order valence-corrected chi connectivity index (χ4v) is 2.27. The molecule has 3 heteroatoms. The number of aryl methyl sites for hydroxylation is 2. The lowest BCUT2D eigenvalue weighted by Crippen LogP contribution is -2.01. The number of hydrogen-bond donors (Lipinski definition) is 1. The maximum atomic E-state index is 6.36. The number of rotatable bonds is 3. The van der Waals surface area contributed by atoms with E-state index in [1.165, 1.54) is 10.9 Å². The SMILES string of the molecule is Cn1ccc2ccc(CCCN)c(Cl)c21. The molecule has 0 atom stereocenters. The highest BCUT2D eigenvalue weighted by Crippen LogP contribution is 2.28. The van der Waals surface area contributed by atoms with Gasteiger partial charge in [-0.25, -0.2) is 0 Å². The van der Waals surface area contributed by atoms with Gasteiger partial charge in [0.2, 0.25) is 0 Å². The van der Waals surface area contributed by atoms with Gasteiger partial charge in [-0.05, 0) is 31.0 Å². The van der Waals surface area contributed by atoms with Gasteiger partial charge < -0.3 is 10.3 Å². The number of aromatic nitrogens is 1. The van der Waals surface area contributed by atoms with Crippen LogP contribution < -0.4 is 5.73 Å². The molecule has 2 N–H and O–H groups in total. The molecule has 2 rings (SSSR count). The van der Waals surface area contributed by atoms with Gasteiger partial charge in [-0.2, -0.15) is 0 Å². The Morgan fingerprint density at radius 1 is 1.33 bits per heavy atom. The summed E-state index contributed by atoms with van der Waals surface area (Å²) in [5.41, 5.74) is 7.81. The van der Waals surface area contributed by atoms with E-state index in [2.05, 4.69) is 22.8 Å². The molecule has 15 heavy (non-hydrogen) atoms. The van der Waals surface area contributed by atoms with E-state index in [1.807, 2.05) is 13.2 Å². The van der Waals surface area contributed by atoms with Crippen molar-refractivity contribution < 1.29 is 0 Å². The zero-order chi connectivity index (χ0) is 10.8. The Morgan fingerprint density at radius 2 is 2.13 bits per heavy atom. The summed E-state index contributed by atoms with van der Waals surface area (Å²) >= 11 is 6.36. The first-order valence-corrected chi connectivity index (χ1v) is 5.54. The Hall–Kier alpha value is -0.990. The molecular weight excluding hydrogens is 208 g/mol. The van der Waals surface area contributed by atoms with Gasteiger partial charge in [0.15, 0.2) is 0 Å². The minimum atomic E-state index is 0.710. The van der Waals surface area contributed by atoms with Crippen LogP contribution in [0.25, 0.3) is 10.9 Å². The molecule has 0 bridgehead atoms. The number of halogens is 1. The smallest absolute Gasteiger partial charge is 0.0680 e. The Balaban J connectivity index is 2.49. The first-order valence-electron chi connectivity index (χ1n) is 5.16. The molecule has 0 aliphatic heterocycles. The fourth-order valence-electron chi connectivity index (χ4n) is 1.87. The van der Waals surface area contributed by atoms with E-state index in [9.17, 15) is 0 Å². The van der Waals surface area contributed by atoms with Crippen molar-refractivity contribution in [3.05, 3.63) is 35.0 Å². The van der Waals surface area contributed by atoms with Crippen LogP contribution in [0.3, 0.4) is 0 Å². The van der Waals surface area contributed by atoms with Crippen LogP contribution in [0, 0.1) is 0 Å². The molecule has 0 amide bonds. The molecular formula is C12H15ClN2. The van der Waals surface area contributed by atoms with Gasteiger partial charge >= 0.3 is 0 Å². The van der Waals surface area contributed by atoms with Crippen molar-refractivity contribution in [2.45, 2.75) is 12.8 Å². The van der Waals surface area contributed by atoms with Crippen molar-refractivity contribution in [3.63, 3.8) is 0 Å². The van der Waals surface area contributed by atoms with Crippen LogP contribution in [0.5, 0.6) is 0 Å². The number of nitrogens with two attached hydrogens (primary N) is 1. The third kappa shape index (κ3) is 1.87. The molecule has 0 saturated carbocycles. The van der Waals surface area contributed by atoms with Gasteiger partial charge in [0.1, 0.15) is 0 Å². The van der Waals surface area contributed by atoms with Crippen LogP contribution in [0.2, 0.25) is 5.02 Å². The Labute approximate surface area is 94.6 Å². The predicted octanol–water partition coefficient (Wildman–Crippen LogP) is 2.72. The van der Waals surface area contributed by atoms with Gasteiger partial charge in [0.05, 0.1) is 10.5 Å². The average Bonchev–Trinajstić information content (AvgIpc) is 2.60. The third-order valence-corrected chi connectivity index (χ3v) is 3.13. The topological polar surface area (TPSA) is 30.9 Å². The molecule has 0 radical (unpaired) electrons. The summed E-state index contributed by atoms with van der Waals surface area (Å²) in [5.74, 6) is 0. The maximum absolute atomic E-state index is 6.36. The summed E-state index contributed by atoms with van der Waals surface area (Å²) in [6.07, 6.45) is 3.97. The normalized spacial score (nSPS) is 11.1. The Bertz CT molecular complexity index is 474. The van der Waals surface area contributed by atoms with Crippen molar-refractivity contribution >= 4 is 22.5 Å². The third-order valence-electron chi connectivity index (χ3n) is 2.71. The second-order valence-electron chi connectivity index (χ2n) is 3.80. The summed E-state index contributed by atoms with van der Waals surface area (Å²) in [6, 6.07) is 6.29. The van der Waals surface area contributed by atoms with E-state index in [0.717, 1.165) is 23.4 Å². The second-order valence-corrected chi connectivity index (χ2v) is 4.17. The van der Waals surface area contributed by atoms with Gasteiger partial charge in [-0.15, -0.1) is 0 Å². The first kappa shape index (κ1) is 10.5. The molecule has 2 nitrogen and oxygen atoms in total. The highest BCUT2D eigenvalue weighted by atomic mass is 35.5. The van der Waals surface area contributed by atoms with Gasteiger partial charge in [-0.1, -0.05) is 23.7 Å². The Morgan fingerprint density at radius 3 is 2.87 bits per heavy atom. The summed E-state index contributed by atoms with van der Waals surface area (Å²) in [7, 11) is 2.01. The largest absolute Gasteiger partial charge is 0.349 e. The monoisotopic (exact) mass is 222 g/mol. The number of fused-ring (bicyclic) bond motifs is 1. The standard InChI is InChI=1S/C12H15ClN2/c1-15-8-6-10-5-4-9(3-2-7-14)11(13)12(10)15/h4-6,8H,2-3,7,14H2,1H3. The van der Waals surface area contributed by atoms with Crippen molar-refractivity contribution in [2.75, 3.05) is 6.54 Å². The Kier molecular flexibility index (Phi) is 2.98. The molecule has 0 aliphatic carbocycles. The van der Waals surface area contributed by atoms with E-state index in [0.29, 0.717) is 6.54 Å². The first-order chi connectivity index (χ1) is 7.24. The molecule has 1 aromatic carbocycles. The number of nitrogens with zero attached hydrogens (tertiary/aromatic N) is 1. The molecule has 0 aliphatic rings. The van der Waals surface area contributed by atoms with Crippen LogP contribution in [-0.2, 0) is 13.5 Å². The lowest BCUT2D eigenvalue weighted by atomic mass is 10.1. The zero-order valence-corrected chi connectivity index (χ0v) is 9.59. The fraction of sp³-hybridized carbons (Fsp3) is 0.333. The quantitative estimate of drug-likeness (QED) is 0.851. The highest BCUT2D eigenvalue weighted by molar-refractivity contribution is 6.36. The van der Waals surface area contributed by atoms with Gasteiger partial charge in [-0.3, -0.25) is 0 Å². The lowest BCUT2D eigenvalue weighted by molar-refractivity contribution is 0.832. The maximum Gasteiger partial charge on any atom is 0.0680 e. The van der Waals surface area contributed by atoms with Crippen molar-refractivity contribution in [1.82, 2.24) is 4.57 Å². The molecule has 0 spiro atoms. The molecule has 80 valence electrons.